The number of piperazine rings is 1. The number of hydrogen-bond donors (Lipinski definition) is 2. The molecule has 0 aliphatic carbocycles. The van der Waals surface area contributed by atoms with Crippen molar-refractivity contribution >= 4 is 16.1 Å². The molecule has 1 fully saturated rings. The van der Waals surface area contributed by atoms with Gasteiger partial charge in [0.25, 0.3) is 0 Å². The normalized spacial score (nSPS) is 20.6. The van der Waals surface area contributed by atoms with Gasteiger partial charge in [0.2, 0.25) is 10.0 Å². The molecule has 0 saturated carbocycles. The maximum absolute atomic E-state index is 12.3. The summed E-state index contributed by atoms with van der Waals surface area (Å²) in [4.78, 5) is 14.0. The second kappa shape index (κ2) is 7.50. The molecule has 7 nitrogen and oxygen atoms in total. The van der Waals surface area contributed by atoms with Crippen LogP contribution in [0.4, 0.5) is 4.79 Å². The molecular formula is C16H25N3O4S. The summed E-state index contributed by atoms with van der Waals surface area (Å²) in [5, 5.41) is 3.35. The highest BCUT2D eigenvalue weighted by molar-refractivity contribution is 7.88. The summed E-state index contributed by atoms with van der Waals surface area (Å²) in [6.07, 6.45) is 0.727. The third-order valence-electron chi connectivity index (χ3n) is 3.68. The van der Waals surface area contributed by atoms with E-state index in [2.05, 4.69) is 10.0 Å². The van der Waals surface area contributed by atoms with Gasteiger partial charge >= 0.3 is 6.09 Å². The number of nitrogens with zero attached hydrogens (tertiary/aromatic N) is 1. The lowest BCUT2D eigenvalue weighted by molar-refractivity contribution is 0.0633. The molecule has 1 heterocycles. The van der Waals surface area contributed by atoms with E-state index in [1.807, 2.05) is 44.2 Å². The average Bonchev–Trinajstić information content (AvgIpc) is 2.49. The van der Waals surface area contributed by atoms with Crippen molar-refractivity contribution in [3.05, 3.63) is 35.9 Å². The van der Waals surface area contributed by atoms with Crippen LogP contribution in [0.25, 0.3) is 0 Å². The number of benzene rings is 1. The first kappa shape index (κ1) is 18.7. The summed E-state index contributed by atoms with van der Waals surface area (Å²) >= 11 is 0. The number of amides is 1. The fraction of sp³-hybridized carbons (Fsp3) is 0.562. The summed E-state index contributed by atoms with van der Waals surface area (Å²) in [5.74, 6) is 0. The molecule has 134 valence electrons. The molecule has 24 heavy (non-hydrogen) atoms. The van der Waals surface area contributed by atoms with E-state index >= 15 is 0 Å². The predicted molar refractivity (Wildman–Crippen MR) is 92.0 cm³/mol. The molecule has 1 aromatic rings. The summed E-state index contributed by atoms with van der Waals surface area (Å²) in [7, 11) is -3.27. The standard InChI is InChI=1S/C16H25N3O4S/c1-16(2)12-19(10-14(18-16)9-17-24(3,21)22)15(20)23-11-13-7-5-4-6-8-13/h4-8,14,17-18H,9-12H2,1-3H3. The quantitative estimate of drug-likeness (QED) is 0.820. The van der Waals surface area contributed by atoms with E-state index in [9.17, 15) is 13.2 Å². The Balaban J connectivity index is 1.93. The molecule has 0 spiro atoms. The van der Waals surface area contributed by atoms with Crippen LogP contribution in [0, 0.1) is 0 Å². The molecule has 2 rings (SSSR count). The second-order valence-electron chi connectivity index (χ2n) is 6.77. The zero-order chi connectivity index (χ0) is 17.8. The SMILES string of the molecule is CC1(C)CN(C(=O)OCc2ccccc2)CC(CNS(C)(=O)=O)N1. The zero-order valence-electron chi connectivity index (χ0n) is 14.3. The molecule has 2 N–H and O–H groups in total. The van der Waals surface area contributed by atoms with Crippen LogP contribution in [0.1, 0.15) is 19.4 Å². The summed E-state index contributed by atoms with van der Waals surface area (Å²) < 4.78 is 30.4. The van der Waals surface area contributed by atoms with E-state index < -0.39 is 16.1 Å². The van der Waals surface area contributed by atoms with Crippen molar-refractivity contribution in [3.63, 3.8) is 0 Å². The van der Waals surface area contributed by atoms with E-state index in [0.717, 1.165) is 11.8 Å². The van der Waals surface area contributed by atoms with Gasteiger partial charge in [-0.3, -0.25) is 0 Å². The number of nitrogens with one attached hydrogen (secondary N) is 2. The molecule has 1 aromatic carbocycles. The third-order valence-corrected chi connectivity index (χ3v) is 4.37. The number of carbonyl (C=O) groups is 1. The Morgan fingerprint density at radius 2 is 2.04 bits per heavy atom. The molecule has 1 saturated heterocycles. The van der Waals surface area contributed by atoms with Gasteiger partial charge in [0.15, 0.2) is 0 Å². The summed E-state index contributed by atoms with van der Waals surface area (Å²) in [6.45, 7) is 5.27. The number of sulfonamides is 1. The van der Waals surface area contributed by atoms with Crippen LogP contribution in [0.15, 0.2) is 30.3 Å². The smallest absolute Gasteiger partial charge is 0.410 e. The van der Waals surface area contributed by atoms with Gasteiger partial charge in [-0.25, -0.2) is 17.9 Å². The number of hydrogen-bond acceptors (Lipinski definition) is 5. The van der Waals surface area contributed by atoms with E-state index in [4.69, 9.17) is 4.74 Å². The van der Waals surface area contributed by atoms with E-state index in [0.29, 0.717) is 13.1 Å². The van der Waals surface area contributed by atoms with Crippen molar-refractivity contribution in [1.82, 2.24) is 14.9 Å². The van der Waals surface area contributed by atoms with Gasteiger partial charge in [-0.05, 0) is 19.4 Å². The van der Waals surface area contributed by atoms with Gasteiger partial charge in [-0.1, -0.05) is 30.3 Å². The molecule has 0 aromatic heterocycles. The number of ether oxygens (including phenoxy) is 1. The van der Waals surface area contributed by atoms with E-state index in [1.54, 1.807) is 4.90 Å². The fourth-order valence-corrected chi connectivity index (χ4v) is 3.27. The van der Waals surface area contributed by atoms with E-state index in [-0.39, 0.29) is 24.7 Å². The number of rotatable bonds is 5. The molecule has 1 aliphatic heterocycles. The minimum atomic E-state index is -3.27. The molecule has 1 amide bonds. The third kappa shape index (κ3) is 6.10. The highest BCUT2D eigenvalue weighted by atomic mass is 32.2. The minimum Gasteiger partial charge on any atom is -0.445 e. The fourth-order valence-electron chi connectivity index (χ4n) is 2.77. The number of carbonyl (C=O) groups excluding carboxylic acids is 1. The van der Waals surface area contributed by atoms with Crippen molar-refractivity contribution in [2.75, 3.05) is 25.9 Å². The first-order valence-electron chi connectivity index (χ1n) is 7.83. The molecule has 1 atom stereocenters. The van der Waals surface area contributed by atoms with Gasteiger partial charge in [0.1, 0.15) is 6.61 Å². The Kier molecular flexibility index (Phi) is 5.84. The molecule has 8 heteroatoms. The largest absolute Gasteiger partial charge is 0.445 e. The van der Waals surface area contributed by atoms with E-state index in [1.165, 1.54) is 0 Å². The Hall–Kier alpha value is -1.64. The second-order valence-corrected chi connectivity index (χ2v) is 8.60. The van der Waals surface area contributed by atoms with Crippen molar-refractivity contribution in [2.45, 2.75) is 32.0 Å². The van der Waals surface area contributed by atoms with Crippen LogP contribution in [-0.4, -0.2) is 56.9 Å². The topological polar surface area (TPSA) is 87.7 Å². The molecule has 1 unspecified atom stereocenters. The highest BCUT2D eigenvalue weighted by Gasteiger charge is 2.35. The van der Waals surface area contributed by atoms with Crippen LogP contribution >= 0.6 is 0 Å². The van der Waals surface area contributed by atoms with Crippen LogP contribution in [0.5, 0.6) is 0 Å². The molecule has 1 aliphatic rings. The lowest BCUT2D eigenvalue weighted by Gasteiger charge is -2.43. The van der Waals surface area contributed by atoms with Crippen molar-refractivity contribution in [3.8, 4) is 0 Å². The van der Waals surface area contributed by atoms with Crippen molar-refractivity contribution < 1.29 is 17.9 Å². The Labute approximate surface area is 143 Å². The van der Waals surface area contributed by atoms with Crippen LogP contribution in [0.2, 0.25) is 0 Å². The van der Waals surface area contributed by atoms with Gasteiger partial charge in [-0.2, -0.15) is 0 Å². The predicted octanol–water partition coefficient (Wildman–Crippen LogP) is 0.925. The van der Waals surface area contributed by atoms with Crippen molar-refractivity contribution in [1.29, 1.82) is 0 Å². The van der Waals surface area contributed by atoms with Gasteiger partial charge < -0.3 is 15.0 Å². The first-order valence-corrected chi connectivity index (χ1v) is 9.72. The lowest BCUT2D eigenvalue weighted by Crippen LogP contribution is -2.65. The maximum atomic E-state index is 12.3. The van der Waals surface area contributed by atoms with Crippen LogP contribution < -0.4 is 10.0 Å². The maximum Gasteiger partial charge on any atom is 0.410 e. The monoisotopic (exact) mass is 355 g/mol. The summed E-state index contributed by atoms with van der Waals surface area (Å²) in [6, 6.07) is 9.31. The van der Waals surface area contributed by atoms with Crippen LogP contribution in [0.3, 0.4) is 0 Å². The Morgan fingerprint density at radius 1 is 1.38 bits per heavy atom. The molecule has 0 bridgehead atoms. The highest BCUT2D eigenvalue weighted by Crippen LogP contribution is 2.15. The van der Waals surface area contributed by atoms with Gasteiger partial charge in [0, 0.05) is 31.2 Å². The lowest BCUT2D eigenvalue weighted by atomic mass is 9.99. The Bertz CT molecular complexity index is 661. The molecular weight excluding hydrogens is 330 g/mol. The van der Waals surface area contributed by atoms with Crippen molar-refractivity contribution in [2.24, 2.45) is 0 Å². The first-order chi connectivity index (χ1) is 11.1. The Morgan fingerprint density at radius 3 is 2.67 bits per heavy atom. The van der Waals surface area contributed by atoms with Gasteiger partial charge in [-0.15, -0.1) is 0 Å². The average molecular weight is 355 g/mol. The molecule has 0 radical (unpaired) electrons. The minimum absolute atomic E-state index is 0.173. The van der Waals surface area contributed by atoms with Crippen LogP contribution in [-0.2, 0) is 21.4 Å². The zero-order valence-corrected chi connectivity index (χ0v) is 15.1. The van der Waals surface area contributed by atoms with Gasteiger partial charge in [0.05, 0.1) is 6.26 Å². The summed E-state index contributed by atoms with van der Waals surface area (Å²) in [5.41, 5.74) is 0.601.